The van der Waals surface area contributed by atoms with Crippen LogP contribution in [0.3, 0.4) is 0 Å². The normalized spacial score (nSPS) is 12.4. The van der Waals surface area contributed by atoms with Gasteiger partial charge in [0, 0.05) is 19.8 Å². The molecular weight excluding hydrogens is 281 g/mol. The van der Waals surface area contributed by atoms with Crippen molar-refractivity contribution in [1.82, 2.24) is 0 Å². The molecule has 1 aromatic rings. The van der Waals surface area contributed by atoms with E-state index in [1.807, 2.05) is 0 Å². The van der Waals surface area contributed by atoms with E-state index in [1.165, 1.54) is 6.07 Å². The van der Waals surface area contributed by atoms with Gasteiger partial charge in [0.2, 0.25) is 0 Å². The Morgan fingerprint density at radius 2 is 1.63 bits per heavy atom. The number of halogens is 3. The average molecular weight is 296 g/mol. The van der Waals surface area contributed by atoms with Gasteiger partial charge in [0.15, 0.2) is 0 Å². The van der Waals surface area contributed by atoms with E-state index < -0.39 is 15.5 Å². The standard InChI is InChI=1S/C11H15F3N2O2S/c1-7-5-8(2)10(16(3)4)6-9(7)15-19(17,18)11(12,13)14/h5-6,15H,1-4H3. The van der Waals surface area contributed by atoms with Crippen LogP contribution in [0.25, 0.3) is 0 Å². The molecule has 0 heterocycles. The smallest absolute Gasteiger partial charge is 0.377 e. The molecule has 0 amide bonds. The van der Waals surface area contributed by atoms with Crippen molar-refractivity contribution in [2.45, 2.75) is 19.4 Å². The molecule has 0 aromatic heterocycles. The van der Waals surface area contributed by atoms with Gasteiger partial charge in [-0.3, -0.25) is 4.72 Å². The van der Waals surface area contributed by atoms with Crippen molar-refractivity contribution in [2.24, 2.45) is 0 Å². The lowest BCUT2D eigenvalue weighted by molar-refractivity contribution is -0.0429. The highest BCUT2D eigenvalue weighted by Crippen LogP contribution is 2.30. The number of aryl methyl sites for hydroxylation is 2. The number of alkyl halides is 3. The van der Waals surface area contributed by atoms with E-state index in [4.69, 9.17) is 0 Å². The predicted molar refractivity (Wildman–Crippen MR) is 68.8 cm³/mol. The fraction of sp³-hybridized carbons (Fsp3) is 0.455. The first-order valence-electron chi connectivity index (χ1n) is 5.33. The van der Waals surface area contributed by atoms with Crippen molar-refractivity contribution >= 4 is 21.4 Å². The van der Waals surface area contributed by atoms with Crippen LogP contribution in [-0.2, 0) is 10.0 Å². The number of nitrogens with zero attached hydrogens (tertiary/aromatic N) is 1. The van der Waals surface area contributed by atoms with Gasteiger partial charge in [-0.2, -0.15) is 21.6 Å². The second-order valence-corrected chi connectivity index (χ2v) is 6.07. The van der Waals surface area contributed by atoms with E-state index >= 15 is 0 Å². The number of nitrogens with one attached hydrogen (secondary N) is 1. The Morgan fingerprint density at radius 3 is 2.05 bits per heavy atom. The van der Waals surface area contributed by atoms with Crippen LogP contribution < -0.4 is 9.62 Å². The summed E-state index contributed by atoms with van der Waals surface area (Å²) < 4.78 is 60.7. The van der Waals surface area contributed by atoms with Crippen molar-refractivity contribution < 1.29 is 21.6 Å². The van der Waals surface area contributed by atoms with Gasteiger partial charge in [-0.25, -0.2) is 0 Å². The molecule has 0 saturated heterocycles. The lowest BCUT2D eigenvalue weighted by atomic mass is 10.1. The van der Waals surface area contributed by atoms with E-state index in [0.29, 0.717) is 11.3 Å². The Bertz CT molecular complexity index is 580. The molecule has 0 saturated carbocycles. The molecule has 19 heavy (non-hydrogen) atoms. The zero-order valence-electron chi connectivity index (χ0n) is 11.0. The highest BCUT2D eigenvalue weighted by atomic mass is 32.2. The van der Waals surface area contributed by atoms with Gasteiger partial charge in [-0.05, 0) is 31.0 Å². The molecule has 1 N–H and O–H groups in total. The molecule has 0 aliphatic heterocycles. The van der Waals surface area contributed by atoms with Crippen LogP contribution in [0.2, 0.25) is 0 Å². The first-order chi connectivity index (χ1) is 8.45. The molecule has 8 heteroatoms. The van der Waals surface area contributed by atoms with Crippen LogP contribution in [0.1, 0.15) is 11.1 Å². The molecule has 1 aromatic carbocycles. The molecule has 0 fully saturated rings. The van der Waals surface area contributed by atoms with Crippen LogP contribution in [-0.4, -0.2) is 28.0 Å². The van der Waals surface area contributed by atoms with E-state index in [9.17, 15) is 21.6 Å². The van der Waals surface area contributed by atoms with Crippen molar-refractivity contribution in [3.8, 4) is 0 Å². The van der Waals surface area contributed by atoms with Crippen molar-refractivity contribution in [3.63, 3.8) is 0 Å². The summed E-state index contributed by atoms with van der Waals surface area (Å²) in [5.74, 6) is 0. The minimum Gasteiger partial charge on any atom is -0.377 e. The van der Waals surface area contributed by atoms with Crippen LogP contribution in [0.5, 0.6) is 0 Å². The maximum Gasteiger partial charge on any atom is 0.516 e. The lowest BCUT2D eigenvalue weighted by Crippen LogP contribution is -2.30. The van der Waals surface area contributed by atoms with Gasteiger partial charge in [0.1, 0.15) is 0 Å². The Hall–Kier alpha value is -1.44. The zero-order valence-corrected chi connectivity index (χ0v) is 11.8. The van der Waals surface area contributed by atoms with Crippen molar-refractivity contribution in [2.75, 3.05) is 23.7 Å². The lowest BCUT2D eigenvalue weighted by Gasteiger charge is -2.19. The first-order valence-corrected chi connectivity index (χ1v) is 6.81. The van der Waals surface area contributed by atoms with Crippen LogP contribution in [0, 0.1) is 13.8 Å². The fourth-order valence-corrected chi connectivity index (χ4v) is 2.26. The molecule has 0 bridgehead atoms. The largest absolute Gasteiger partial charge is 0.516 e. The number of anilines is 2. The summed E-state index contributed by atoms with van der Waals surface area (Å²) in [6, 6.07) is 3.01. The van der Waals surface area contributed by atoms with Gasteiger partial charge in [-0.1, -0.05) is 6.07 Å². The highest BCUT2D eigenvalue weighted by molar-refractivity contribution is 7.93. The van der Waals surface area contributed by atoms with E-state index in [2.05, 4.69) is 0 Å². The summed E-state index contributed by atoms with van der Waals surface area (Å²) in [7, 11) is -1.95. The molecule has 0 aliphatic rings. The van der Waals surface area contributed by atoms with E-state index in [0.717, 1.165) is 5.56 Å². The summed E-state index contributed by atoms with van der Waals surface area (Å²) in [6.07, 6.45) is 0. The summed E-state index contributed by atoms with van der Waals surface area (Å²) in [5, 5.41) is 0. The molecule has 0 unspecified atom stereocenters. The fourth-order valence-electron chi connectivity index (χ4n) is 1.64. The Kier molecular flexibility index (Phi) is 4.04. The molecule has 0 aliphatic carbocycles. The molecule has 0 spiro atoms. The van der Waals surface area contributed by atoms with Crippen LogP contribution in [0.15, 0.2) is 12.1 Å². The predicted octanol–water partition coefficient (Wildman–Crippen LogP) is 2.63. The van der Waals surface area contributed by atoms with Gasteiger partial charge < -0.3 is 4.90 Å². The number of hydrogen-bond donors (Lipinski definition) is 1. The molecule has 0 radical (unpaired) electrons. The number of sulfonamides is 1. The van der Waals surface area contributed by atoms with Gasteiger partial charge in [0.25, 0.3) is 0 Å². The summed E-state index contributed by atoms with van der Waals surface area (Å²) in [5.41, 5.74) is -3.49. The molecule has 0 atom stereocenters. The Labute approximate surface area is 110 Å². The molecule has 108 valence electrons. The molecular formula is C11H15F3N2O2S. The minimum atomic E-state index is -5.40. The first kappa shape index (κ1) is 15.6. The topological polar surface area (TPSA) is 49.4 Å². The SMILES string of the molecule is Cc1cc(C)c(N(C)C)cc1NS(=O)(=O)C(F)(F)F. The third-order valence-electron chi connectivity index (χ3n) is 2.57. The van der Waals surface area contributed by atoms with Crippen molar-refractivity contribution in [3.05, 3.63) is 23.3 Å². The van der Waals surface area contributed by atoms with Gasteiger partial charge >= 0.3 is 15.5 Å². The highest BCUT2D eigenvalue weighted by Gasteiger charge is 2.46. The molecule has 1 rings (SSSR count). The average Bonchev–Trinajstić information content (AvgIpc) is 2.19. The third kappa shape index (κ3) is 3.31. The number of hydrogen-bond acceptors (Lipinski definition) is 3. The quantitative estimate of drug-likeness (QED) is 0.933. The van der Waals surface area contributed by atoms with Gasteiger partial charge in [0.05, 0.1) is 5.69 Å². The second kappa shape index (κ2) is 4.92. The van der Waals surface area contributed by atoms with E-state index in [1.54, 1.807) is 43.6 Å². The monoisotopic (exact) mass is 296 g/mol. The Balaban J connectivity index is 3.27. The van der Waals surface area contributed by atoms with Gasteiger partial charge in [-0.15, -0.1) is 0 Å². The Morgan fingerprint density at radius 1 is 1.11 bits per heavy atom. The number of rotatable bonds is 3. The summed E-state index contributed by atoms with van der Waals surface area (Å²) in [6.45, 7) is 3.34. The minimum absolute atomic E-state index is 0.0772. The van der Waals surface area contributed by atoms with Crippen LogP contribution in [0.4, 0.5) is 24.5 Å². The van der Waals surface area contributed by atoms with Crippen LogP contribution >= 0.6 is 0 Å². The van der Waals surface area contributed by atoms with E-state index in [-0.39, 0.29) is 5.69 Å². The maximum atomic E-state index is 12.3. The zero-order chi connectivity index (χ0) is 15.0. The summed E-state index contributed by atoms with van der Waals surface area (Å²) in [4.78, 5) is 1.69. The second-order valence-electron chi connectivity index (χ2n) is 4.40. The third-order valence-corrected chi connectivity index (χ3v) is 3.67. The summed E-state index contributed by atoms with van der Waals surface area (Å²) >= 11 is 0. The van der Waals surface area contributed by atoms with Crippen molar-refractivity contribution in [1.29, 1.82) is 0 Å². The molecule has 4 nitrogen and oxygen atoms in total. The number of benzene rings is 1. The maximum absolute atomic E-state index is 12.3.